The molecule has 0 atom stereocenters. The molecular weight excluding hydrogens is 444 g/mol. The van der Waals surface area contributed by atoms with E-state index in [-0.39, 0.29) is 30.0 Å². The number of nitrogens with zero attached hydrogens (tertiary/aromatic N) is 3. The van der Waals surface area contributed by atoms with Gasteiger partial charge in [0.25, 0.3) is 11.5 Å². The van der Waals surface area contributed by atoms with Crippen molar-refractivity contribution in [3.05, 3.63) is 74.8 Å². The molecule has 0 saturated carbocycles. The number of carbonyl (C=O) groups is 2. The molecule has 0 radical (unpaired) electrons. The van der Waals surface area contributed by atoms with Gasteiger partial charge in [0.05, 0.1) is 23.8 Å². The standard InChI is InChI=1S/C27H32N4O4/c1-17-18(2)25-23(27(34)31(16-29-25)22-9-11-35-12-10-22)14-21(17)13-19-5-7-20(8-6-19)26(33)28-15-24(32)30(3)4/h5-8,14,16,22H,9-13,15H2,1-4H3,(H,28,33). The number of hydrogen-bond acceptors (Lipinski definition) is 5. The first-order valence-corrected chi connectivity index (χ1v) is 11.9. The number of rotatable bonds is 6. The molecule has 1 saturated heterocycles. The summed E-state index contributed by atoms with van der Waals surface area (Å²) in [5.41, 5.74) is 5.45. The van der Waals surface area contributed by atoms with Gasteiger partial charge in [0, 0.05) is 38.9 Å². The Morgan fingerprint density at radius 2 is 1.80 bits per heavy atom. The summed E-state index contributed by atoms with van der Waals surface area (Å²) in [5.74, 6) is -0.452. The van der Waals surface area contributed by atoms with Gasteiger partial charge in [-0.3, -0.25) is 19.0 Å². The van der Waals surface area contributed by atoms with Crippen LogP contribution >= 0.6 is 0 Å². The van der Waals surface area contributed by atoms with Crippen LogP contribution in [0.4, 0.5) is 0 Å². The summed E-state index contributed by atoms with van der Waals surface area (Å²) in [6.45, 7) is 5.34. The molecule has 35 heavy (non-hydrogen) atoms. The monoisotopic (exact) mass is 476 g/mol. The molecule has 1 N–H and O–H groups in total. The van der Waals surface area contributed by atoms with Crippen molar-refractivity contribution in [2.75, 3.05) is 33.9 Å². The van der Waals surface area contributed by atoms with Crippen molar-refractivity contribution < 1.29 is 14.3 Å². The Kier molecular flexibility index (Phi) is 7.31. The van der Waals surface area contributed by atoms with Gasteiger partial charge < -0.3 is 15.0 Å². The number of likely N-dealkylation sites (N-methyl/N-ethyl adjacent to an activating group) is 1. The zero-order valence-corrected chi connectivity index (χ0v) is 20.8. The van der Waals surface area contributed by atoms with Gasteiger partial charge in [0.1, 0.15) is 0 Å². The minimum absolute atomic E-state index is 0.00876. The fraction of sp³-hybridized carbons (Fsp3) is 0.407. The van der Waals surface area contributed by atoms with Crippen LogP contribution in [0, 0.1) is 13.8 Å². The van der Waals surface area contributed by atoms with E-state index >= 15 is 0 Å². The summed E-state index contributed by atoms with van der Waals surface area (Å²) >= 11 is 0. The molecule has 1 aliphatic rings. The smallest absolute Gasteiger partial charge is 0.261 e. The van der Waals surface area contributed by atoms with Crippen LogP contribution in [0.1, 0.15) is 51.5 Å². The van der Waals surface area contributed by atoms with Crippen LogP contribution in [0.2, 0.25) is 0 Å². The average Bonchev–Trinajstić information content (AvgIpc) is 2.87. The number of carbonyl (C=O) groups excluding carboxylic acids is 2. The number of nitrogens with one attached hydrogen (secondary N) is 1. The highest BCUT2D eigenvalue weighted by Crippen LogP contribution is 2.25. The van der Waals surface area contributed by atoms with Crippen molar-refractivity contribution >= 4 is 22.7 Å². The molecule has 1 aliphatic heterocycles. The molecule has 2 aromatic carbocycles. The van der Waals surface area contributed by atoms with Gasteiger partial charge in [-0.25, -0.2) is 4.98 Å². The summed E-state index contributed by atoms with van der Waals surface area (Å²) in [7, 11) is 3.30. The zero-order chi connectivity index (χ0) is 25.1. The maximum absolute atomic E-state index is 13.4. The number of hydrogen-bond donors (Lipinski definition) is 1. The van der Waals surface area contributed by atoms with E-state index in [0.717, 1.165) is 40.6 Å². The molecule has 0 bridgehead atoms. The minimum Gasteiger partial charge on any atom is -0.381 e. The van der Waals surface area contributed by atoms with Gasteiger partial charge in [-0.05, 0) is 73.6 Å². The Bertz CT molecular complexity index is 1310. The van der Waals surface area contributed by atoms with Crippen LogP contribution in [0.5, 0.6) is 0 Å². The summed E-state index contributed by atoms with van der Waals surface area (Å²) in [6.07, 6.45) is 3.94. The van der Waals surface area contributed by atoms with Crippen molar-refractivity contribution in [2.24, 2.45) is 0 Å². The molecule has 0 spiro atoms. The van der Waals surface area contributed by atoms with Crippen LogP contribution in [-0.4, -0.2) is 60.1 Å². The van der Waals surface area contributed by atoms with Crippen molar-refractivity contribution in [2.45, 2.75) is 39.2 Å². The molecule has 0 aliphatic carbocycles. The Morgan fingerprint density at radius 1 is 1.11 bits per heavy atom. The van der Waals surface area contributed by atoms with Crippen molar-refractivity contribution in [3.63, 3.8) is 0 Å². The van der Waals surface area contributed by atoms with Gasteiger partial charge in [-0.2, -0.15) is 0 Å². The van der Waals surface area contributed by atoms with E-state index in [1.807, 2.05) is 25.1 Å². The molecule has 8 heteroatoms. The normalized spacial score (nSPS) is 14.2. The Balaban J connectivity index is 1.57. The fourth-order valence-electron chi connectivity index (χ4n) is 4.43. The number of ether oxygens (including phenoxy) is 1. The van der Waals surface area contributed by atoms with Gasteiger partial charge in [-0.15, -0.1) is 0 Å². The first-order chi connectivity index (χ1) is 16.8. The molecule has 4 rings (SSSR count). The highest BCUT2D eigenvalue weighted by atomic mass is 16.5. The van der Waals surface area contributed by atoms with Gasteiger partial charge in [0.15, 0.2) is 0 Å². The highest BCUT2D eigenvalue weighted by Gasteiger charge is 2.20. The molecule has 1 aromatic heterocycles. The second kappa shape index (κ2) is 10.4. The minimum atomic E-state index is -0.288. The number of aryl methyl sites for hydroxylation is 1. The lowest BCUT2D eigenvalue weighted by Crippen LogP contribution is -2.36. The second-order valence-electron chi connectivity index (χ2n) is 9.33. The predicted molar refractivity (Wildman–Crippen MR) is 135 cm³/mol. The second-order valence-corrected chi connectivity index (χ2v) is 9.33. The van der Waals surface area contributed by atoms with Crippen LogP contribution in [0.3, 0.4) is 0 Å². The van der Waals surface area contributed by atoms with Gasteiger partial charge in [0.2, 0.25) is 5.91 Å². The van der Waals surface area contributed by atoms with Crippen molar-refractivity contribution in [3.8, 4) is 0 Å². The summed E-state index contributed by atoms with van der Waals surface area (Å²) in [6, 6.07) is 9.42. The zero-order valence-electron chi connectivity index (χ0n) is 20.8. The number of aromatic nitrogens is 2. The van der Waals surface area contributed by atoms with E-state index < -0.39 is 0 Å². The maximum atomic E-state index is 13.4. The lowest BCUT2D eigenvalue weighted by atomic mass is 9.94. The summed E-state index contributed by atoms with van der Waals surface area (Å²) in [4.78, 5) is 43.5. The van der Waals surface area contributed by atoms with E-state index in [9.17, 15) is 14.4 Å². The predicted octanol–water partition coefficient (Wildman–Crippen LogP) is 2.77. The Labute approximate surface area is 204 Å². The highest BCUT2D eigenvalue weighted by molar-refractivity contribution is 5.96. The summed E-state index contributed by atoms with van der Waals surface area (Å²) < 4.78 is 7.21. The van der Waals surface area contributed by atoms with Crippen molar-refractivity contribution in [1.29, 1.82) is 0 Å². The lowest BCUT2D eigenvalue weighted by molar-refractivity contribution is -0.127. The quantitative estimate of drug-likeness (QED) is 0.591. The van der Waals surface area contributed by atoms with Crippen LogP contribution < -0.4 is 10.9 Å². The number of benzene rings is 2. The number of amides is 2. The Hall–Kier alpha value is -3.52. The van der Waals surface area contributed by atoms with E-state index in [4.69, 9.17) is 4.74 Å². The number of fused-ring (bicyclic) bond motifs is 1. The molecule has 2 heterocycles. The van der Waals surface area contributed by atoms with E-state index in [1.165, 1.54) is 4.90 Å². The largest absolute Gasteiger partial charge is 0.381 e. The molecule has 2 amide bonds. The Morgan fingerprint density at radius 3 is 2.46 bits per heavy atom. The maximum Gasteiger partial charge on any atom is 0.261 e. The topological polar surface area (TPSA) is 93.5 Å². The molecule has 1 fully saturated rings. The molecule has 0 unspecified atom stereocenters. The van der Waals surface area contributed by atoms with E-state index in [0.29, 0.717) is 30.6 Å². The lowest BCUT2D eigenvalue weighted by Gasteiger charge is -2.24. The molecule has 3 aromatic rings. The average molecular weight is 477 g/mol. The third-order valence-corrected chi connectivity index (χ3v) is 6.84. The molecular formula is C27H32N4O4. The fourth-order valence-corrected chi connectivity index (χ4v) is 4.43. The van der Waals surface area contributed by atoms with Crippen molar-refractivity contribution in [1.82, 2.24) is 19.8 Å². The van der Waals surface area contributed by atoms with Gasteiger partial charge in [-0.1, -0.05) is 12.1 Å². The third kappa shape index (κ3) is 5.27. The summed E-state index contributed by atoms with van der Waals surface area (Å²) in [5, 5.41) is 3.28. The van der Waals surface area contributed by atoms with Crippen LogP contribution in [0.15, 0.2) is 41.5 Å². The van der Waals surface area contributed by atoms with Crippen LogP contribution in [-0.2, 0) is 16.0 Å². The third-order valence-electron chi connectivity index (χ3n) is 6.84. The van der Waals surface area contributed by atoms with E-state index in [1.54, 1.807) is 37.1 Å². The molecule has 184 valence electrons. The SMILES string of the molecule is Cc1c(Cc2ccc(C(=O)NCC(=O)N(C)C)cc2)cc2c(=O)n(C3CCOCC3)cnc2c1C. The first kappa shape index (κ1) is 24.6. The van der Waals surface area contributed by atoms with Gasteiger partial charge >= 0.3 is 0 Å². The van der Waals surface area contributed by atoms with E-state index in [2.05, 4.69) is 17.2 Å². The van der Waals surface area contributed by atoms with Crippen LogP contribution in [0.25, 0.3) is 10.9 Å². The molecule has 8 nitrogen and oxygen atoms in total. The first-order valence-electron chi connectivity index (χ1n) is 11.9.